The summed E-state index contributed by atoms with van der Waals surface area (Å²) in [5.74, 6) is 1.36. The fourth-order valence-corrected chi connectivity index (χ4v) is 7.13. The summed E-state index contributed by atoms with van der Waals surface area (Å²) in [5.41, 5.74) is 7.52. The van der Waals surface area contributed by atoms with Crippen molar-refractivity contribution < 1.29 is 19.0 Å². The third-order valence-corrected chi connectivity index (χ3v) is 9.86. The van der Waals surface area contributed by atoms with Gasteiger partial charge >= 0.3 is 5.97 Å². The Balaban J connectivity index is 1.39. The fourth-order valence-electron chi connectivity index (χ4n) is 7.13. The maximum atomic E-state index is 13.4. The number of anilines is 3. The predicted molar refractivity (Wildman–Crippen MR) is 195 cm³/mol. The van der Waals surface area contributed by atoms with Crippen LogP contribution in [0.25, 0.3) is 0 Å². The molecule has 0 aliphatic carbocycles. The van der Waals surface area contributed by atoms with Crippen LogP contribution in [0.5, 0.6) is 17.2 Å². The molecule has 0 bridgehead atoms. The molecule has 6 rings (SSSR count). The summed E-state index contributed by atoms with van der Waals surface area (Å²) in [4.78, 5) is 22.6. The third kappa shape index (κ3) is 6.95. The number of rotatable bonds is 11. The first-order valence-corrected chi connectivity index (χ1v) is 16.8. The van der Waals surface area contributed by atoms with Gasteiger partial charge in [-0.1, -0.05) is 42.5 Å². The molecular weight excluding hydrogens is 600 g/mol. The molecule has 0 amide bonds. The molecule has 1 fully saturated rings. The first-order valence-electron chi connectivity index (χ1n) is 16.8. The number of methoxy groups -OCH3 is 2. The quantitative estimate of drug-likeness (QED) is 0.133. The predicted octanol–water partition coefficient (Wildman–Crippen LogP) is 6.62. The average Bonchev–Trinajstić information content (AvgIpc) is 3.12. The van der Waals surface area contributed by atoms with Crippen LogP contribution < -0.4 is 28.9 Å². The van der Waals surface area contributed by atoms with Crippen molar-refractivity contribution in [3.8, 4) is 17.2 Å². The van der Waals surface area contributed by atoms with Crippen molar-refractivity contribution in [2.75, 3.05) is 89.8 Å². The molecule has 0 spiro atoms. The summed E-state index contributed by atoms with van der Waals surface area (Å²) < 4.78 is 18.3. The maximum absolute atomic E-state index is 13.4. The summed E-state index contributed by atoms with van der Waals surface area (Å²) in [7, 11) is 11.5. The van der Waals surface area contributed by atoms with E-state index in [0.717, 1.165) is 72.8 Å². The molecule has 2 aliphatic heterocycles. The van der Waals surface area contributed by atoms with E-state index in [9.17, 15) is 4.79 Å². The van der Waals surface area contributed by atoms with Crippen LogP contribution in [0.1, 0.15) is 46.9 Å². The van der Waals surface area contributed by atoms with Crippen LogP contribution in [0, 0.1) is 0 Å². The maximum Gasteiger partial charge on any atom is 0.312 e. The smallest absolute Gasteiger partial charge is 0.312 e. The molecule has 2 aliphatic rings. The molecule has 0 N–H and O–H groups in total. The van der Waals surface area contributed by atoms with Gasteiger partial charge < -0.3 is 28.9 Å². The summed E-state index contributed by atoms with van der Waals surface area (Å²) in [6, 6.07) is 29.8. The minimum atomic E-state index is -0.250. The fraction of sp³-hybridized carbons (Fsp3) is 0.375. The van der Waals surface area contributed by atoms with Crippen molar-refractivity contribution in [2.24, 2.45) is 0 Å². The van der Waals surface area contributed by atoms with Gasteiger partial charge in [-0.3, -0.25) is 9.69 Å². The van der Waals surface area contributed by atoms with Gasteiger partial charge in [0.05, 0.1) is 20.6 Å². The van der Waals surface area contributed by atoms with Crippen molar-refractivity contribution in [2.45, 2.75) is 24.7 Å². The number of nitrogens with zero attached hydrogens (tertiary/aromatic N) is 4. The Kier molecular flexibility index (Phi) is 10.1. The molecule has 2 atom stereocenters. The normalized spacial score (nSPS) is 16.9. The molecule has 8 heteroatoms. The van der Waals surface area contributed by atoms with Crippen LogP contribution in [0.15, 0.2) is 84.9 Å². The Morgan fingerprint density at radius 2 is 1.40 bits per heavy atom. The standard InChI is InChI=1S/C40H48N4O4/c1-41(2)30-16-12-28(13-17-30)33(20-21-43-22-24-44(25-23-43)32-10-8-7-9-11-32)38-35(46-5)27-36(47-6)39-34(26-37(45)48-40(38)39)29-14-18-31(19-15-29)42(3)4/h7-19,27,33-34H,20-26H2,1-6H3. The molecule has 2 heterocycles. The zero-order valence-corrected chi connectivity index (χ0v) is 29.1. The second-order valence-corrected chi connectivity index (χ2v) is 13.1. The van der Waals surface area contributed by atoms with Crippen LogP contribution in [0.4, 0.5) is 17.1 Å². The Bertz CT molecular complexity index is 1680. The molecule has 1 saturated heterocycles. The Morgan fingerprint density at radius 3 is 1.98 bits per heavy atom. The average molecular weight is 649 g/mol. The number of carbonyl (C=O) groups excluding carboxylic acids is 1. The van der Waals surface area contributed by atoms with Crippen LogP contribution >= 0.6 is 0 Å². The number of ether oxygens (including phenoxy) is 3. The van der Waals surface area contributed by atoms with Gasteiger partial charge in [0.25, 0.3) is 0 Å². The zero-order chi connectivity index (χ0) is 33.8. The lowest BCUT2D eigenvalue weighted by Crippen LogP contribution is -2.46. The van der Waals surface area contributed by atoms with E-state index in [1.807, 2.05) is 20.2 Å². The van der Waals surface area contributed by atoms with Gasteiger partial charge in [0.15, 0.2) is 0 Å². The minimum Gasteiger partial charge on any atom is -0.496 e. The lowest BCUT2D eigenvalue weighted by molar-refractivity contribution is -0.135. The second kappa shape index (κ2) is 14.6. The van der Waals surface area contributed by atoms with E-state index in [0.29, 0.717) is 17.2 Å². The topological polar surface area (TPSA) is 57.7 Å². The van der Waals surface area contributed by atoms with E-state index in [4.69, 9.17) is 14.2 Å². The number of fused-ring (bicyclic) bond motifs is 1. The van der Waals surface area contributed by atoms with Gasteiger partial charge in [-0.05, 0) is 60.5 Å². The van der Waals surface area contributed by atoms with E-state index < -0.39 is 0 Å². The Hall–Kier alpha value is -4.69. The van der Waals surface area contributed by atoms with E-state index >= 15 is 0 Å². The van der Waals surface area contributed by atoms with E-state index in [-0.39, 0.29) is 24.2 Å². The van der Waals surface area contributed by atoms with Gasteiger partial charge in [0.2, 0.25) is 0 Å². The lowest BCUT2D eigenvalue weighted by atomic mass is 9.80. The number of esters is 1. The first kappa shape index (κ1) is 33.2. The van der Waals surface area contributed by atoms with Crippen molar-refractivity contribution in [1.29, 1.82) is 0 Å². The number of hydrogen-bond acceptors (Lipinski definition) is 8. The van der Waals surface area contributed by atoms with Crippen molar-refractivity contribution in [1.82, 2.24) is 4.90 Å². The van der Waals surface area contributed by atoms with Crippen LogP contribution in [-0.2, 0) is 4.79 Å². The summed E-state index contributed by atoms with van der Waals surface area (Å²) in [5, 5.41) is 0. The summed E-state index contributed by atoms with van der Waals surface area (Å²) in [6.07, 6.45) is 1.08. The molecule has 4 aromatic rings. The molecule has 8 nitrogen and oxygen atoms in total. The molecule has 2 unspecified atom stereocenters. The molecule has 4 aromatic carbocycles. The Labute approximate surface area is 285 Å². The van der Waals surface area contributed by atoms with Gasteiger partial charge in [-0.15, -0.1) is 0 Å². The molecular formula is C40H48N4O4. The van der Waals surface area contributed by atoms with Gasteiger partial charge in [0.1, 0.15) is 17.2 Å². The highest BCUT2D eigenvalue weighted by atomic mass is 16.5. The minimum absolute atomic E-state index is 0.0781. The number of hydrogen-bond donors (Lipinski definition) is 0. The van der Waals surface area contributed by atoms with Gasteiger partial charge in [-0.25, -0.2) is 0 Å². The van der Waals surface area contributed by atoms with E-state index in [2.05, 4.69) is 113 Å². The van der Waals surface area contributed by atoms with Crippen LogP contribution in [0.2, 0.25) is 0 Å². The highest BCUT2D eigenvalue weighted by Gasteiger charge is 2.38. The van der Waals surface area contributed by atoms with Gasteiger partial charge in [-0.2, -0.15) is 0 Å². The highest BCUT2D eigenvalue weighted by Crippen LogP contribution is 2.53. The highest BCUT2D eigenvalue weighted by molar-refractivity contribution is 5.81. The number of para-hydroxylation sites is 1. The first-order chi connectivity index (χ1) is 23.3. The monoisotopic (exact) mass is 648 g/mol. The van der Waals surface area contributed by atoms with Crippen molar-refractivity contribution in [3.63, 3.8) is 0 Å². The number of piperazine rings is 1. The number of benzene rings is 4. The summed E-state index contributed by atoms with van der Waals surface area (Å²) >= 11 is 0. The second-order valence-electron chi connectivity index (χ2n) is 13.1. The number of carbonyl (C=O) groups is 1. The van der Waals surface area contributed by atoms with Crippen molar-refractivity contribution in [3.05, 3.63) is 107 Å². The van der Waals surface area contributed by atoms with E-state index in [1.165, 1.54) is 5.69 Å². The summed E-state index contributed by atoms with van der Waals surface area (Å²) in [6.45, 7) is 4.84. The molecule has 252 valence electrons. The molecule has 0 aromatic heterocycles. The van der Waals surface area contributed by atoms with Crippen molar-refractivity contribution >= 4 is 23.0 Å². The SMILES string of the molecule is COc1cc(OC)c2c(c1C(CCN1CCN(c3ccccc3)CC1)c1ccc(N(C)C)cc1)OC(=O)CC2c1ccc(N(C)C)cc1. The Morgan fingerprint density at radius 1 is 0.792 bits per heavy atom. The van der Waals surface area contributed by atoms with E-state index in [1.54, 1.807) is 14.2 Å². The molecule has 0 saturated carbocycles. The largest absolute Gasteiger partial charge is 0.496 e. The molecule has 0 radical (unpaired) electrons. The third-order valence-electron chi connectivity index (χ3n) is 9.86. The van der Waals surface area contributed by atoms with Crippen LogP contribution in [0.3, 0.4) is 0 Å². The van der Waals surface area contributed by atoms with Crippen LogP contribution in [-0.4, -0.2) is 86.0 Å². The zero-order valence-electron chi connectivity index (χ0n) is 29.1. The van der Waals surface area contributed by atoms with Gasteiger partial charge in [0, 0.05) is 100 Å². The lowest BCUT2D eigenvalue weighted by Gasteiger charge is -2.37. The molecule has 48 heavy (non-hydrogen) atoms.